The maximum Gasteiger partial charge on any atom is 0.319 e. The number of urea groups is 1. The molecule has 0 heterocycles. The van der Waals surface area contributed by atoms with E-state index in [4.69, 9.17) is 0 Å². The lowest BCUT2D eigenvalue weighted by molar-refractivity contribution is 0.250. The third-order valence-electron chi connectivity index (χ3n) is 4.09. The fourth-order valence-electron chi connectivity index (χ4n) is 2.31. The first-order valence-electron chi connectivity index (χ1n) is 7.42. The summed E-state index contributed by atoms with van der Waals surface area (Å²) >= 11 is 0. The second kappa shape index (κ2) is 6.75. The van der Waals surface area contributed by atoms with E-state index in [1.165, 1.54) is 12.8 Å². The van der Waals surface area contributed by atoms with Gasteiger partial charge >= 0.3 is 6.03 Å². The predicted molar refractivity (Wildman–Crippen MR) is 82.8 cm³/mol. The van der Waals surface area contributed by atoms with E-state index in [0.717, 1.165) is 23.7 Å². The van der Waals surface area contributed by atoms with Gasteiger partial charge in [-0.15, -0.1) is 0 Å². The first-order chi connectivity index (χ1) is 9.60. The highest BCUT2D eigenvalue weighted by molar-refractivity contribution is 5.89. The monoisotopic (exact) mass is 275 g/mol. The van der Waals surface area contributed by atoms with Gasteiger partial charge in [0.1, 0.15) is 0 Å². The van der Waals surface area contributed by atoms with Gasteiger partial charge in [0.05, 0.1) is 0 Å². The molecule has 4 nitrogen and oxygen atoms in total. The highest BCUT2D eigenvalue weighted by Crippen LogP contribution is 2.36. The summed E-state index contributed by atoms with van der Waals surface area (Å²) in [6.45, 7) is 5.05. The number of rotatable bonds is 6. The molecule has 110 valence electrons. The highest BCUT2D eigenvalue weighted by Gasteiger charge is 2.27. The number of hydrogen-bond donors (Lipinski definition) is 3. The van der Waals surface area contributed by atoms with Crippen LogP contribution in [0.15, 0.2) is 24.3 Å². The minimum absolute atomic E-state index is 0.119. The van der Waals surface area contributed by atoms with Gasteiger partial charge in [-0.3, -0.25) is 0 Å². The molecule has 0 saturated heterocycles. The Bertz CT molecular complexity index is 457. The molecule has 0 aromatic heterocycles. The average Bonchev–Trinajstić information content (AvgIpc) is 3.28. The number of carbonyl (C=O) groups excluding carboxylic acids is 1. The Balaban J connectivity index is 1.83. The zero-order valence-electron chi connectivity index (χ0n) is 12.6. The zero-order chi connectivity index (χ0) is 14.5. The summed E-state index contributed by atoms with van der Waals surface area (Å²) in [5.74, 6) is 1.39. The molecule has 4 heteroatoms. The number of anilines is 1. The summed E-state index contributed by atoms with van der Waals surface area (Å²) in [5.41, 5.74) is 2.00. The summed E-state index contributed by atoms with van der Waals surface area (Å²) < 4.78 is 0. The van der Waals surface area contributed by atoms with Gasteiger partial charge in [-0.05, 0) is 56.3 Å². The lowest BCUT2D eigenvalue weighted by Crippen LogP contribution is -2.32. The molecule has 2 unspecified atom stereocenters. The van der Waals surface area contributed by atoms with E-state index >= 15 is 0 Å². The Morgan fingerprint density at radius 2 is 2.10 bits per heavy atom. The van der Waals surface area contributed by atoms with E-state index in [0.29, 0.717) is 5.92 Å². The number of carbonyl (C=O) groups is 1. The molecule has 2 atom stereocenters. The molecular weight excluding hydrogens is 250 g/mol. The quantitative estimate of drug-likeness (QED) is 0.747. The van der Waals surface area contributed by atoms with Crippen LogP contribution in [0.1, 0.15) is 38.3 Å². The van der Waals surface area contributed by atoms with E-state index < -0.39 is 0 Å². The largest absolute Gasteiger partial charge is 0.338 e. The SMILES string of the molecule is CNC(C)c1cccc(NC(=O)NCC(C)C2CC2)c1. The van der Waals surface area contributed by atoms with Gasteiger partial charge in [-0.2, -0.15) is 0 Å². The van der Waals surface area contributed by atoms with Crippen LogP contribution in [0.3, 0.4) is 0 Å². The Kier molecular flexibility index (Phi) is 5.01. The van der Waals surface area contributed by atoms with Crippen LogP contribution in [-0.4, -0.2) is 19.6 Å². The molecular formula is C16H25N3O. The smallest absolute Gasteiger partial charge is 0.319 e. The maximum atomic E-state index is 11.9. The number of nitrogens with one attached hydrogen (secondary N) is 3. The van der Waals surface area contributed by atoms with Gasteiger partial charge in [0, 0.05) is 18.3 Å². The van der Waals surface area contributed by atoms with Crippen LogP contribution in [0.5, 0.6) is 0 Å². The topological polar surface area (TPSA) is 53.2 Å². The summed E-state index contributed by atoms with van der Waals surface area (Å²) in [4.78, 5) is 11.9. The van der Waals surface area contributed by atoms with Crippen LogP contribution in [0.4, 0.5) is 10.5 Å². The van der Waals surface area contributed by atoms with E-state index in [2.05, 4.69) is 35.9 Å². The molecule has 3 N–H and O–H groups in total. The van der Waals surface area contributed by atoms with Gasteiger partial charge in [-0.1, -0.05) is 19.1 Å². The van der Waals surface area contributed by atoms with Crippen LogP contribution in [0.2, 0.25) is 0 Å². The van der Waals surface area contributed by atoms with Crippen molar-refractivity contribution in [2.75, 3.05) is 18.9 Å². The second-order valence-electron chi connectivity index (χ2n) is 5.79. The van der Waals surface area contributed by atoms with Crippen molar-refractivity contribution in [1.29, 1.82) is 0 Å². The normalized spacial score (nSPS) is 17.4. The Hall–Kier alpha value is -1.55. The number of benzene rings is 1. The van der Waals surface area contributed by atoms with E-state index in [1.54, 1.807) is 0 Å². The van der Waals surface area contributed by atoms with Crippen molar-refractivity contribution in [3.63, 3.8) is 0 Å². The molecule has 1 aromatic rings. The van der Waals surface area contributed by atoms with Crippen molar-refractivity contribution >= 4 is 11.7 Å². The van der Waals surface area contributed by atoms with Crippen LogP contribution in [0.25, 0.3) is 0 Å². The molecule has 0 bridgehead atoms. The van der Waals surface area contributed by atoms with Gasteiger partial charge in [-0.25, -0.2) is 4.79 Å². The molecule has 1 fully saturated rings. The predicted octanol–water partition coefficient (Wildman–Crippen LogP) is 3.13. The van der Waals surface area contributed by atoms with Crippen LogP contribution >= 0.6 is 0 Å². The average molecular weight is 275 g/mol. The van der Waals surface area contributed by atoms with E-state index in [1.807, 2.05) is 25.2 Å². The minimum atomic E-state index is -0.119. The standard InChI is InChI=1S/C16H25N3O/c1-11(13-7-8-13)10-18-16(20)19-15-6-4-5-14(9-15)12(2)17-3/h4-6,9,11-13,17H,7-8,10H2,1-3H3,(H2,18,19,20). The van der Waals surface area contributed by atoms with Crippen molar-refractivity contribution in [3.8, 4) is 0 Å². The van der Waals surface area contributed by atoms with Crippen LogP contribution < -0.4 is 16.0 Å². The number of amides is 2. The van der Waals surface area contributed by atoms with Gasteiger partial charge in [0.15, 0.2) is 0 Å². The fourth-order valence-corrected chi connectivity index (χ4v) is 2.31. The third-order valence-corrected chi connectivity index (χ3v) is 4.09. The Labute approximate surface area is 121 Å². The van der Waals surface area contributed by atoms with Gasteiger partial charge in [0.25, 0.3) is 0 Å². The Morgan fingerprint density at radius 1 is 1.35 bits per heavy atom. The molecule has 2 rings (SSSR count). The first kappa shape index (κ1) is 14.9. The van der Waals surface area contributed by atoms with Crippen molar-refractivity contribution in [3.05, 3.63) is 29.8 Å². The Morgan fingerprint density at radius 3 is 2.75 bits per heavy atom. The van der Waals surface area contributed by atoms with Crippen molar-refractivity contribution in [1.82, 2.24) is 10.6 Å². The first-order valence-corrected chi connectivity index (χ1v) is 7.42. The lowest BCUT2D eigenvalue weighted by atomic mass is 10.1. The van der Waals surface area contributed by atoms with Crippen LogP contribution in [-0.2, 0) is 0 Å². The second-order valence-corrected chi connectivity index (χ2v) is 5.79. The maximum absolute atomic E-state index is 11.9. The minimum Gasteiger partial charge on any atom is -0.338 e. The third kappa shape index (κ3) is 4.23. The summed E-state index contributed by atoms with van der Waals surface area (Å²) in [7, 11) is 1.93. The molecule has 0 radical (unpaired) electrons. The molecule has 1 saturated carbocycles. The van der Waals surface area contributed by atoms with Crippen molar-refractivity contribution in [2.45, 2.75) is 32.7 Å². The molecule has 0 aliphatic heterocycles. The zero-order valence-corrected chi connectivity index (χ0v) is 12.6. The molecule has 1 aliphatic rings. The molecule has 1 aromatic carbocycles. The highest BCUT2D eigenvalue weighted by atomic mass is 16.2. The van der Waals surface area contributed by atoms with Crippen molar-refractivity contribution < 1.29 is 4.79 Å². The van der Waals surface area contributed by atoms with E-state index in [-0.39, 0.29) is 12.1 Å². The van der Waals surface area contributed by atoms with Gasteiger partial charge < -0.3 is 16.0 Å². The summed E-state index contributed by atoms with van der Waals surface area (Å²) in [6.07, 6.45) is 2.63. The van der Waals surface area contributed by atoms with Gasteiger partial charge in [0.2, 0.25) is 0 Å². The summed E-state index contributed by atoms with van der Waals surface area (Å²) in [6, 6.07) is 8.09. The number of hydrogen-bond acceptors (Lipinski definition) is 2. The van der Waals surface area contributed by atoms with E-state index in [9.17, 15) is 4.79 Å². The summed E-state index contributed by atoms with van der Waals surface area (Å²) in [5, 5.41) is 9.04. The molecule has 1 aliphatic carbocycles. The van der Waals surface area contributed by atoms with Crippen molar-refractivity contribution in [2.24, 2.45) is 11.8 Å². The fraction of sp³-hybridized carbons (Fsp3) is 0.562. The molecule has 0 spiro atoms. The van der Waals surface area contributed by atoms with Crippen LogP contribution in [0, 0.1) is 11.8 Å². The molecule has 20 heavy (non-hydrogen) atoms. The lowest BCUT2D eigenvalue weighted by Gasteiger charge is -2.14. The molecule has 2 amide bonds.